The van der Waals surface area contributed by atoms with Gasteiger partial charge in [0.05, 0.1) is 5.56 Å². The highest BCUT2D eigenvalue weighted by Gasteiger charge is 2.47. The lowest BCUT2D eigenvalue weighted by molar-refractivity contribution is -0.137. The monoisotopic (exact) mass is 476 g/mol. The maximum atomic E-state index is 13.2. The van der Waals surface area contributed by atoms with E-state index in [0.717, 1.165) is 36.9 Å². The third-order valence-electron chi connectivity index (χ3n) is 6.94. The third kappa shape index (κ3) is 4.82. The molecule has 1 amide bonds. The van der Waals surface area contributed by atoms with Crippen molar-refractivity contribution in [1.29, 1.82) is 0 Å². The highest BCUT2D eigenvalue weighted by molar-refractivity contribution is 6.31. The maximum Gasteiger partial charge on any atom is 0.416 e. The number of likely N-dealkylation sites (N-methyl/N-ethyl adjacent to an activating group) is 1. The molecule has 1 spiro atoms. The minimum atomic E-state index is -4.46. The summed E-state index contributed by atoms with van der Waals surface area (Å²) in [6, 6.07) is 11.4. The quantitative estimate of drug-likeness (QED) is 0.507. The first-order chi connectivity index (χ1) is 15.6. The first-order valence-corrected chi connectivity index (χ1v) is 11.6. The van der Waals surface area contributed by atoms with Gasteiger partial charge in [-0.05, 0) is 74.2 Å². The molecule has 2 aromatic rings. The maximum absolute atomic E-state index is 13.2. The highest BCUT2D eigenvalue weighted by Crippen LogP contribution is 2.54. The summed E-state index contributed by atoms with van der Waals surface area (Å²) in [5, 5.41) is 0.789. The van der Waals surface area contributed by atoms with Crippen molar-refractivity contribution in [3.05, 3.63) is 75.8 Å². The topological polar surface area (TPSA) is 23.6 Å². The van der Waals surface area contributed by atoms with Crippen LogP contribution in [0.25, 0.3) is 6.08 Å². The van der Waals surface area contributed by atoms with Gasteiger partial charge >= 0.3 is 6.18 Å². The van der Waals surface area contributed by atoms with Gasteiger partial charge in [-0.3, -0.25) is 4.79 Å². The Bertz CT molecular complexity index is 1060. The van der Waals surface area contributed by atoms with Crippen molar-refractivity contribution in [2.45, 2.75) is 36.8 Å². The van der Waals surface area contributed by atoms with Crippen molar-refractivity contribution in [2.75, 3.05) is 33.7 Å². The number of halogens is 4. The number of hydrogen-bond donors (Lipinski definition) is 0. The molecule has 4 rings (SSSR count). The molecule has 1 atom stereocenters. The number of carbonyl (C=O) groups is 1. The van der Waals surface area contributed by atoms with Crippen LogP contribution in [-0.4, -0.2) is 49.4 Å². The molecule has 2 aromatic carbocycles. The highest BCUT2D eigenvalue weighted by atomic mass is 35.5. The summed E-state index contributed by atoms with van der Waals surface area (Å²) < 4.78 is 39.7. The van der Waals surface area contributed by atoms with Crippen molar-refractivity contribution in [1.82, 2.24) is 9.80 Å². The number of nitrogens with zero attached hydrogens (tertiary/aromatic N) is 2. The average Bonchev–Trinajstić information content (AvgIpc) is 3.05. The first-order valence-electron chi connectivity index (χ1n) is 11.2. The standard InChI is InChI=1S/C26H28ClF3N2O/c1-31(2)17-19-16-25(24-20(19)7-5-9-22(24)27)12-14-32(15-13-25)23(33)11-10-18-6-3-4-8-21(18)26(28,29)30/h3-11,19H,12-17H2,1-2H3/b11-10+. The fourth-order valence-corrected chi connectivity index (χ4v) is 5.89. The van der Waals surface area contributed by atoms with Crippen LogP contribution >= 0.6 is 11.6 Å². The van der Waals surface area contributed by atoms with Crippen molar-refractivity contribution < 1.29 is 18.0 Å². The number of hydrogen-bond acceptors (Lipinski definition) is 2. The van der Waals surface area contributed by atoms with Gasteiger partial charge in [0.1, 0.15) is 0 Å². The zero-order valence-electron chi connectivity index (χ0n) is 18.8. The second-order valence-corrected chi connectivity index (χ2v) is 9.80. The van der Waals surface area contributed by atoms with E-state index in [1.807, 2.05) is 12.1 Å². The zero-order chi connectivity index (χ0) is 23.8. The van der Waals surface area contributed by atoms with Crippen molar-refractivity contribution >= 4 is 23.6 Å². The van der Waals surface area contributed by atoms with Gasteiger partial charge in [0, 0.05) is 36.1 Å². The molecule has 3 nitrogen and oxygen atoms in total. The van der Waals surface area contributed by atoms with Gasteiger partial charge in [-0.15, -0.1) is 0 Å². The van der Waals surface area contributed by atoms with Crippen LogP contribution in [0.15, 0.2) is 48.5 Å². The number of fused-ring (bicyclic) bond motifs is 2. The summed E-state index contributed by atoms with van der Waals surface area (Å²) >= 11 is 6.67. The average molecular weight is 477 g/mol. The van der Waals surface area contributed by atoms with Crippen LogP contribution < -0.4 is 0 Å². The molecule has 1 aliphatic heterocycles. The van der Waals surface area contributed by atoms with Crippen molar-refractivity contribution in [3.8, 4) is 0 Å². The number of benzene rings is 2. The molecule has 7 heteroatoms. The summed E-state index contributed by atoms with van der Waals surface area (Å²) in [7, 11) is 4.14. The van der Waals surface area contributed by atoms with Crippen LogP contribution in [0.2, 0.25) is 5.02 Å². The lowest BCUT2D eigenvalue weighted by atomic mass is 9.73. The van der Waals surface area contributed by atoms with Gasteiger partial charge in [0.15, 0.2) is 0 Å². The number of amides is 1. The predicted molar refractivity (Wildman–Crippen MR) is 125 cm³/mol. The van der Waals surface area contributed by atoms with Gasteiger partial charge in [-0.1, -0.05) is 41.9 Å². The van der Waals surface area contributed by atoms with Crippen LogP contribution in [0.3, 0.4) is 0 Å². The van der Waals surface area contributed by atoms with Gasteiger partial charge in [-0.25, -0.2) is 0 Å². The molecule has 1 saturated heterocycles. The molecule has 0 N–H and O–H groups in total. The molecule has 1 unspecified atom stereocenters. The smallest absolute Gasteiger partial charge is 0.339 e. The second-order valence-electron chi connectivity index (χ2n) is 9.39. The van der Waals surface area contributed by atoms with Gasteiger partial charge in [-0.2, -0.15) is 13.2 Å². The number of carbonyl (C=O) groups excluding carboxylic acids is 1. The summed E-state index contributed by atoms with van der Waals surface area (Å²) in [4.78, 5) is 16.7. The van der Waals surface area contributed by atoms with E-state index in [-0.39, 0.29) is 16.9 Å². The van der Waals surface area contributed by atoms with Gasteiger partial charge in [0.25, 0.3) is 0 Å². The largest absolute Gasteiger partial charge is 0.416 e. The summed E-state index contributed by atoms with van der Waals surface area (Å²) in [5.41, 5.74) is 1.73. The van der Waals surface area contributed by atoms with E-state index >= 15 is 0 Å². The molecule has 33 heavy (non-hydrogen) atoms. The molecule has 0 aromatic heterocycles. The fourth-order valence-electron chi connectivity index (χ4n) is 5.50. The minimum absolute atomic E-state index is 0.00476. The van der Waals surface area contributed by atoms with Crippen LogP contribution in [0.5, 0.6) is 0 Å². The van der Waals surface area contributed by atoms with Crippen LogP contribution in [0, 0.1) is 0 Å². The molecule has 1 fully saturated rings. The van der Waals surface area contributed by atoms with Crippen LogP contribution in [0.4, 0.5) is 13.2 Å². The molecule has 0 bridgehead atoms. The Morgan fingerprint density at radius 1 is 1.15 bits per heavy atom. The second kappa shape index (κ2) is 9.15. The van der Waals surface area contributed by atoms with E-state index in [1.54, 1.807) is 4.90 Å². The summed E-state index contributed by atoms with van der Waals surface area (Å²) in [6.45, 7) is 2.06. The molecular weight excluding hydrogens is 449 g/mol. The Hall–Kier alpha value is -2.31. The minimum Gasteiger partial charge on any atom is -0.339 e. The Labute approximate surface area is 197 Å². The molecule has 0 saturated carbocycles. The fraction of sp³-hybridized carbons (Fsp3) is 0.423. The molecule has 1 heterocycles. The Morgan fingerprint density at radius 2 is 1.85 bits per heavy atom. The number of likely N-dealkylation sites (tertiary alicyclic amines) is 1. The van der Waals surface area contributed by atoms with E-state index in [0.29, 0.717) is 19.0 Å². The molecular formula is C26H28ClF3N2O. The Balaban J connectivity index is 1.49. The number of alkyl halides is 3. The Kier molecular flexibility index (Phi) is 6.61. The number of piperidine rings is 1. The van der Waals surface area contributed by atoms with E-state index in [2.05, 4.69) is 25.1 Å². The molecule has 1 aliphatic carbocycles. The lowest BCUT2D eigenvalue weighted by Gasteiger charge is -2.40. The molecule has 0 radical (unpaired) electrons. The van der Waals surface area contributed by atoms with Crippen LogP contribution in [0.1, 0.15) is 47.4 Å². The summed E-state index contributed by atoms with van der Waals surface area (Å²) in [5.74, 6) is 0.138. The SMILES string of the molecule is CN(C)CC1CC2(CCN(C(=O)/C=C/c3ccccc3C(F)(F)F)CC2)c2c(Cl)cccc21. The van der Waals surface area contributed by atoms with Crippen LogP contribution in [-0.2, 0) is 16.4 Å². The van der Waals surface area contributed by atoms with Gasteiger partial charge in [0.2, 0.25) is 5.91 Å². The van der Waals surface area contributed by atoms with Gasteiger partial charge < -0.3 is 9.80 Å². The van der Waals surface area contributed by atoms with E-state index in [9.17, 15) is 18.0 Å². The van der Waals surface area contributed by atoms with E-state index in [4.69, 9.17) is 11.6 Å². The van der Waals surface area contributed by atoms with Crippen molar-refractivity contribution in [3.63, 3.8) is 0 Å². The normalized spacial score (nSPS) is 20.1. The molecule has 176 valence electrons. The molecule has 2 aliphatic rings. The summed E-state index contributed by atoms with van der Waals surface area (Å²) in [6.07, 6.45) is 0.664. The predicted octanol–water partition coefficient (Wildman–Crippen LogP) is 5.98. The van der Waals surface area contributed by atoms with E-state index < -0.39 is 11.7 Å². The zero-order valence-corrected chi connectivity index (χ0v) is 19.6. The third-order valence-corrected chi connectivity index (χ3v) is 7.26. The Morgan fingerprint density at radius 3 is 2.52 bits per heavy atom. The van der Waals surface area contributed by atoms with Crippen molar-refractivity contribution in [2.24, 2.45) is 0 Å². The lowest BCUT2D eigenvalue weighted by Crippen LogP contribution is -2.44. The number of rotatable bonds is 4. The van der Waals surface area contributed by atoms with E-state index in [1.165, 1.54) is 41.5 Å². The first kappa shape index (κ1) is 23.8.